The Labute approximate surface area is 94.7 Å². The van der Waals surface area contributed by atoms with Crippen LogP contribution < -0.4 is 5.32 Å². The lowest BCUT2D eigenvalue weighted by Crippen LogP contribution is -2.41. The van der Waals surface area contributed by atoms with Gasteiger partial charge in [0.2, 0.25) is 5.91 Å². The van der Waals surface area contributed by atoms with Crippen molar-refractivity contribution in [3.05, 3.63) is 22.4 Å². The number of thiophene rings is 1. The molecule has 2 nitrogen and oxygen atoms in total. The van der Waals surface area contributed by atoms with Crippen molar-refractivity contribution in [2.24, 2.45) is 5.41 Å². The monoisotopic (exact) mass is 223 g/mol. The Morgan fingerprint density at radius 1 is 1.47 bits per heavy atom. The molecule has 0 spiro atoms. The minimum absolute atomic E-state index is 0.0292. The molecule has 1 fully saturated rings. The first-order valence-electron chi connectivity index (χ1n) is 5.31. The molecular weight excluding hydrogens is 206 g/mol. The predicted molar refractivity (Wildman–Crippen MR) is 62.8 cm³/mol. The van der Waals surface area contributed by atoms with Crippen LogP contribution in [0, 0.1) is 5.41 Å². The molecule has 1 amide bonds. The molecule has 1 saturated carbocycles. The van der Waals surface area contributed by atoms with Gasteiger partial charge in [0, 0.05) is 10.3 Å². The Kier molecular flexibility index (Phi) is 2.38. The lowest BCUT2D eigenvalue weighted by Gasteiger charge is -2.23. The van der Waals surface area contributed by atoms with Gasteiger partial charge in [0.25, 0.3) is 0 Å². The zero-order valence-corrected chi connectivity index (χ0v) is 10.3. The van der Waals surface area contributed by atoms with Crippen molar-refractivity contribution in [3.63, 3.8) is 0 Å². The molecule has 2 rings (SSSR count). The molecule has 1 heterocycles. The van der Waals surface area contributed by atoms with Gasteiger partial charge in [-0.25, -0.2) is 0 Å². The fourth-order valence-electron chi connectivity index (χ4n) is 1.51. The number of rotatable bonds is 2. The van der Waals surface area contributed by atoms with E-state index in [1.165, 1.54) is 4.88 Å². The highest BCUT2D eigenvalue weighted by Gasteiger charge is 2.47. The maximum Gasteiger partial charge on any atom is 0.226 e. The van der Waals surface area contributed by atoms with Gasteiger partial charge in [-0.05, 0) is 24.3 Å². The van der Waals surface area contributed by atoms with E-state index in [0.29, 0.717) is 0 Å². The number of hydrogen-bond acceptors (Lipinski definition) is 2. The minimum Gasteiger partial charge on any atom is -0.345 e. The Bertz CT molecular complexity index is 357. The fraction of sp³-hybridized carbons (Fsp3) is 0.583. The number of hydrogen-bond donors (Lipinski definition) is 1. The zero-order valence-electron chi connectivity index (χ0n) is 9.46. The van der Waals surface area contributed by atoms with Crippen LogP contribution in [0.15, 0.2) is 17.5 Å². The van der Waals surface area contributed by atoms with Crippen molar-refractivity contribution < 1.29 is 4.79 Å². The van der Waals surface area contributed by atoms with Gasteiger partial charge in [-0.15, -0.1) is 11.3 Å². The first kappa shape index (κ1) is 10.7. The van der Waals surface area contributed by atoms with E-state index in [-0.39, 0.29) is 16.9 Å². The van der Waals surface area contributed by atoms with Gasteiger partial charge < -0.3 is 5.32 Å². The normalized spacial score (nSPS) is 18.6. The first-order valence-corrected chi connectivity index (χ1v) is 6.19. The number of amides is 1. The molecular formula is C12H17NOS. The summed E-state index contributed by atoms with van der Waals surface area (Å²) in [6.45, 7) is 5.85. The van der Waals surface area contributed by atoms with Crippen LogP contribution in [-0.2, 0) is 10.3 Å². The Morgan fingerprint density at radius 3 is 2.53 bits per heavy atom. The van der Waals surface area contributed by atoms with Crippen molar-refractivity contribution in [1.82, 2.24) is 5.32 Å². The van der Waals surface area contributed by atoms with E-state index in [2.05, 4.69) is 16.8 Å². The predicted octanol–water partition coefficient (Wildman–Crippen LogP) is 2.90. The van der Waals surface area contributed by atoms with Crippen LogP contribution in [0.5, 0.6) is 0 Å². The van der Waals surface area contributed by atoms with Crippen LogP contribution in [0.4, 0.5) is 0 Å². The van der Waals surface area contributed by atoms with Crippen LogP contribution in [0.1, 0.15) is 38.5 Å². The number of carbonyl (C=O) groups is 1. The summed E-state index contributed by atoms with van der Waals surface area (Å²) in [7, 11) is 0. The summed E-state index contributed by atoms with van der Waals surface area (Å²) in [4.78, 5) is 13.2. The molecule has 0 atom stereocenters. The van der Waals surface area contributed by atoms with Crippen molar-refractivity contribution in [2.45, 2.75) is 39.2 Å². The highest BCUT2D eigenvalue weighted by atomic mass is 32.1. The summed E-state index contributed by atoms with van der Waals surface area (Å²) in [5.74, 6) is 0.147. The SMILES string of the molecule is CC(C)(C)C(=O)NC1(c2cccs2)CC1. The third kappa shape index (κ3) is 2.07. The number of nitrogens with one attached hydrogen (secondary N) is 1. The Balaban J connectivity index is 2.10. The largest absolute Gasteiger partial charge is 0.345 e. The van der Waals surface area contributed by atoms with Crippen LogP contribution in [-0.4, -0.2) is 5.91 Å². The lowest BCUT2D eigenvalue weighted by molar-refractivity contribution is -0.129. The number of carbonyl (C=O) groups excluding carboxylic acids is 1. The summed E-state index contributed by atoms with van der Waals surface area (Å²) in [5.41, 5.74) is -0.328. The van der Waals surface area contributed by atoms with Gasteiger partial charge in [-0.3, -0.25) is 4.79 Å². The van der Waals surface area contributed by atoms with Crippen molar-refractivity contribution >= 4 is 17.2 Å². The van der Waals surface area contributed by atoms with Crippen LogP contribution in [0.3, 0.4) is 0 Å². The molecule has 0 radical (unpaired) electrons. The van der Waals surface area contributed by atoms with Crippen molar-refractivity contribution in [3.8, 4) is 0 Å². The van der Waals surface area contributed by atoms with E-state index >= 15 is 0 Å². The fourth-order valence-corrected chi connectivity index (χ4v) is 2.46. The summed E-state index contributed by atoms with van der Waals surface area (Å²) in [6.07, 6.45) is 2.16. The van der Waals surface area contributed by atoms with E-state index < -0.39 is 0 Å². The second-order valence-electron chi connectivity index (χ2n) is 5.26. The Hall–Kier alpha value is -0.830. The molecule has 1 N–H and O–H groups in total. The van der Waals surface area contributed by atoms with E-state index in [0.717, 1.165) is 12.8 Å². The van der Waals surface area contributed by atoms with E-state index in [1.807, 2.05) is 26.8 Å². The molecule has 3 heteroatoms. The van der Waals surface area contributed by atoms with Crippen LogP contribution >= 0.6 is 11.3 Å². The van der Waals surface area contributed by atoms with Gasteiger partial charge in [0.15, 0.2) is 0 Å². The zero-order chi connectivity index (χ0) is 11.1. The van der Waals surface area contributed by atoms with E-state index in [9.17, 15) is 4.79 Å². The van der Waals surface area contributed by atoms with E-state index in [4.69, 9.17) is 0 Å². The molecule has 0 aliphatic heterocycles. The standard InChI is InChI=1S/C12H17NOS/c1-11(2,3)10(14)13-12(6-7-12)9-5-4-8-15-9/h4-5,8H,6-7H2,1-3H3,(H,13,14). The molecule has 0 aromatic carbocycles. The molecule has 1 aromatic heterocycles. The molecule has 1 aromatic rings. The molecule has 82 valence electrons. The smallest absolute Gasteiger partial charge is 0.226 e. The molecule has 0 saturated heterocycles. The highest BCUT2D eigenvalue weighted by molar-refractivity contribution is 7.10. The average molecular weight is 223 g/mol. The van der Waals surface area contributed by atoms with Crippen molar-refractivity contribution in [2.75, 3.05) is 0 Å². The maximum absolute atomic E-state index is 11.9. The van der Waals surface area contributed by atoms with Crippen LogP contribution in [0.25, 0.3) is 0 Å². The quantitative estimate of drug-likeness (QED) is 0.820. The maximum atomic E-state index is 11.9. The molecule has 0 bridgehead atoms. The second-order valence-corrected chi connectivity index (χ2v) is 6.21. The summed E-state index contributed by atoms with van der Waals surface area (Å²) in [5, 5.41) is 5.25. The molecule has 1 aliphatic rings. The summed E-state index contributed by atoms with van der Waals surface area (Å²) in [6, 6.07) is 4.16. The van der Waals surface area contributed by atoms with Crippen LogP contribution in [0.2, 0.25) is 0 Å². The summed E-state index contributed by atoms with van der Waals surface area (Å²) < 4.78 is 0. The van der Waals surface area contributed by atoms with Gasteiger partial charge in [-0.2, -0.15) is 0 Å². The topological polar surface area (TPSA) is 29.1 Å². The molecule has 1 aliphatic carbocycles. The van der Waals surface area contributed by atoms with Gasteiger partial charge >= 0.3 is 0 Å². The van der Waals surface area contributed by atoms with Gasteiger partial charge in [0.1, 0.15) is 0 Å². The highest BCUT2D eigenvalue weighted by Crippen LogP contribution is 2.47. The Morgan fingerprint density at radius 2 is 2.13 bits per heavy atom. The second kappa shape index (κ2) is 3.34. The van der Waals surface area contributed by atoms with Gasteiger partial charge in [-0.1, -0.05) is 26.8 Å². The summed E-state index contributed by atoms with van der Waals surface area (Å²) >= 11 is 1.73. The molecule has 15 heavy (non-hydrogen) atoms. The van der Waals surface area contributed by atoms with E-state index in [1.54, 1.807) is 11.3 Å². The third-order valence-electron chi connectivity index (χ3n) is 2.78. The van der Waals surface area contributed by atoms with Crippen molar-refractivity contribution in [1.29, 1.82) is 0 Å². The minimum atomic E-state index is -0.299. The molecule has 0 unspecified atom stereocenters. The van der Waals surface area contributed by atoms with Gasteiger partial charge in [0.05, 0.1) is 5.54 Å². The first-order chi connectivity index (χ1) is 6.94. The average Bonchev–Trinajstić information content (AvgIpc) is 2.72. The lowest BCUT2D eigenvalue weighted by atomic mass is 9.95. The third-order valence-corrected chi connectivity index (χ3v) is 3.85.